The third-order valence-corrected chi connectivity index (χ3v) is 6.45. The molecule has 0 aliphatic rings. The minimum atomic E-state index is -4.03. The van der Waals surface area contributed by atoms with Crippen molar-refractivity contribution in [1.29, 1.82) is 0 Å². The van der Waals surface area contributed by atoms with Crippen LogP contribution in [0.2, 0.25) is 5.02 Å². The van der Waals surface area contributed by atoms with Gasteiger partial charge in [0.25, 0.3) is 10.0 Å². The fraction of sp³-hybridized carbons (Fsp3) is 0.136. The Morgan fingerprint density at radius 3 is 2.17 bits per heavy atom. The lowest BCUT2D eigenvalue weighted by molar-refractivity contribution is -0.119. The lowest BCUT2D eigenvalue weighted by Gasteiger charge is -2.24. The average Bonchev–Trinajstić information content (AvgIpc) is 2.72. The van der Waals surface area contributed by atoms with Crippen molar-refractivity contribution in [3.63, 3.8) is 0 Å². The van der Waals surface area contributed by atoms with E-state index in [1.165, 1.54) is 24.3 Å². The average molecular weight is 447 g/mol. The molecule has 156 valence electrons. The first-order valence-electron chi connectivity index (χ1n) is 9.12. The van der Waals surface area contributed by atoms with Crippen LogP contribution < -0.4 is 9.62 Å². The highest BCUT2D eigenvalue weighted by atomic mass is 35.5. The van der Waals surface area contributed by atoms with E-state index in [1.807, 2.05) is 6.92 Å². The molecule has 1 N–H and O–H groups in total. The highest BCUT2D eigenvalue weighted by Gasteiger charge is 2.27. The van der Waals surface area contributed by atoms with Crippen LogP contribution in [-0.2, 0) is 21.4 Å². The van der Waals surface area contributed by atoms with Gasteiger partial charge in [-0.2, -0.15) is 0 Å². The summed E-state index contributed by atoms with van der Waals surface area (Å²) in [7, 11) is -4.03. The zero-order valence-electron chi connectivity index (χ0n) is 16.2. The second-order valence-corrected chi connectivity index (χ2v) is 9.00. The fourth-order valence-corrected chi connectivity index (χ4v) is 4.30. The van der Waals surface area contributed by atoms with Gasteiger partial charge in [-0.05, 0) is 61.0 Å². The van der Waals surface area contributed by atoms with Crippen molar-refractivity contribution in [1.82, 2.24) is 5.32 Å². The zero-order valence-corrected chi connectivity index (χ0v) is 17.8. The van der Waals surface area contributed by atoms with Gasteiger partial charge >= 0.3 is 0 Å². The van der Waals surface area contributed by atoms with Gasteiger partial charge in [-0.25, -0.2) is 12.8 Å². The molecule has 0 unspecified atom stereocenters. The Morgan fingerprint density at radius 1 is 0.967 bits per heavy atom. The molecule has 3 aromatic rings. The van der Waals surface area contributed by atoms with Crippen molar-refractivity contribution in [2.45, 2.75) is 18.4 Å². The highest BCUT2D eigenvalue weighted by Crippen LogP contribution is 2.24. The first-order chi connectivity index (χ1) is 14.3. The quantitative estimate of drug-likeness (QED) is 0.588. The molecule has 1 amide bonds. The first kappa shape index (κ1) is 21.8. The number of aryl methyl sites for hydroxylation is 1. The molecule has 0 atom stereocenters. The van der Waals surface area contributed by atoms with Crippen LogP contribution in [-0.4, -0.2) is 20.9 Å². The molecular formula is C22H20ClFN2O3S. The second-order valence-electron chi connectivity index (χ2n) is 6.70. The molecule has 0 aliphatic heterocycles. The van der Waals surface area contributed by atoms with E-state index < -0.39 is 28.3 Å². The van der Waals surface area contributed by atoms with E-state index >= 15 is 0 Å². The number of hydrogen-bond acceptors (Lipinski definition) is 3. The zero-order chi connectivity index (χ0) is 21.7. The van der Waals surface area contributed by atoms with Gasteiger partial charge in [0.2, 0.25) is 5.91 Å². The van der Waals surface area contributed by atoms with Crippen LogP contribution in [0.5, 0.6) is 0 Å². The van der Waals surface area contributed by atoms with Crippen LogP contribution in [0.25, 0.3) is 0 Å². The van der Waals surface area contributed by atoms with Crippen molar-refractivity contribution >= 4 is 33.2 Å². The number of anilines is 1. The van der Waals surface area contributed by atoms with Crippen LogP contribution in [0.1, 0.15) is 11.1 Å². The number of halogens is 2. The Balaban J connectivity index is 1.84. The van der Waals surface area contributed by atoms with E-state index in [0.717, 1.165) is 27.6 Å². The summed E-state index contributed by atoms with van der Waals surface area (Å²) < 4.78 is 40.8. The van der Waals surface area contributed by atoms with Crippen LogP contribution in [0.4, 0.5) is 10.1 Å². The van der Waals surface area contributed by atoms with Gasteiger partial charge in [-0.3, -0.25) is 9.10 Å². The fourth-order valence-electron chi connectivity index (χ4n) is 2.75. The van der Waals surface area contributed by atoms with Gasteiger partial charge in [0.15, 0.2) is 0 Å². The number of nitrogens with zero attached hydrogens (tertiary/aromatic N) is 1. The predicted molar refractivity (Wildman–Crippen MR) is 115 cm³/mol. The van der Waals surface area contributed by atoms with Gasteiger partial charge < -0.3 is 5.32 Å². The van der Waals surface area contributed by atoms with Crippen LogP contribution >= 0.6 is 11.6 Å². The molecule has 0 fully saturated rings. The Labute approximate surface area is 180 Å². The maximum Gasteiger partial charge on any atom is 0.264 e. The smallest absolute Gasteiger partial charge is 0.264 e. The molecule has 0 bridgehead atoms. The summed E-state index contributed by atoms with van der Waals surface area (Å²) in [5.41, 5.74) is 1.92. The summed E-state index contributed by atoms with van der Waals surface area (Å²) in [6.07, 6.45) is 0. The van der Waals surface area contributed by atoms with Gasteiger partial charge in [-0.15, -0.1) is 0 Å². The van der Waals surface area contributed by atoms with Crippen LogP contribution in [0, 0.1) is 12.7 Å². The Morgan fingerprint density at radius 2 is 1.57 bits per heavy atom. The van der Waals surface area contributed by atoms with Gasteiger partial charge in [0.05, 0.1) is 10.6 Å². The molecule has 0 radical (unpaired) electrons. The number of benzene rings is 3. The Bertz CT molecular complexity index is 1120. The number of hydrogen-bond donors (Lipinski definition) is 1. The molecule has 3 rings (SSSR count). The second kappa shape index (κ2) is 9.28. The van der Waals surface area contributed by atoms with Crippen molar-refractivity contribution in [3.05, 3.63) is 94.8 Å². The van der Waals surface area contributed by atoms with Gasteiger partial charge in [-0.1, -0.05) is 41.4 Å². The maximum atomic E-state index is 13.4. The molecule has 30 heavy (non-hydrogen) atoms. The van der Waals surface area contributed by atoms with Crippen molar-refractivity contribution in [3.8, 4) is 0 Å². The largest absolute Gasteiger partial charge is 0.350 e. The molecule has 0 saturated carbocycles. The molecule has 0 aromatic heterocycles. The van der Waals surface area contributed by atoms with E-state index in [9.17, 15) is 17.6 Å². The number of rotatable bonds is 7. The molecule has 8 heteroatoms. The summed E-state index contributed by atoms with van der Waals surface area (Å²) in [5, 5.41) is 3.28. The number of amides is 1. The number of nitrogens with one attached hydrogen (secondary N) is 1. The first-order valence-corrected chi connectivity index (χ1v) is 10.9. The van der Waals surface area contributed by atoms with E-state index in [-0.39, 0.29) is 17.1 Å². The standard InChI is InChI=1S/C22H20ClFN2O3S/c1-16-2-12-21(13-3-16)30(28,29)26(20-10-8-19(24)9-11-20)15-22(27)25-14-17-4-6-18(23)7-5-17/h2-13H,14-15H2,1H3,(H,25,27). The number of carbonyl (C=O) groups is 1. The monoisotopic (exact) mass is 446 g/mol. The molecule has 0 heterocycles. The lowest BCUT2D eigenvalue weighted by Crippen LogP contribution is -2.40. The van der Waals surface area contributed by atoms with Crippen molar-refractivity contribution in [2.75, 3.05) is 10.8 Å². The Hall–Kier alpha value is -2.90. The Kier molecular flexibility index (Phi) is 6.74. The lowest BCUT2D eigenvalue weighted by atomic mass is 10.2. The maximum absolute atomic E-state index is 13.4. The molecule has 5 nitrogen and oxygen atoms in total. The summed E-state index contributed by atoms with van der Waals surface area (Å²) in [4.78, 5) is 12.6. The van der Waals surface area contributed by atoms with E-state index in [4.69, 9.17) is 11.6 Å². The van der Waals surface area contributed by atoms with Gasteiger partial charge in [0, 0.05) is 11.6 Å². The van der Waals surface area contributed by atoms with Crippen LogP contribution in [0.3, 0.4) is 0 Å². The van der Waals surface area contributed by atoms with Crippen molar-refractivity contribution in [2.24, 2.45) is 0 Å². The molecule has 3 aromatic carbocycles. The van der Waals surface area contributed by atoms with E-state index in [2.05, 4.69) is 5.32 Å². The molecule has 0 aliphatic carbocycles. The summed E-state index contributed by atoms with van der Waals surface area (Å²) in [5.74, 6) is -0.997. The molecule has 0 spiro atoms. The molecular weight excluding hydrogens is 427 g/mol. The minimum Gasteiger partial charge on any atom is -0.350 e. The summed E-state index contributed by atoms with van der Waals surface area (Å²) >= 11 is 5.85. The predicted octanol–water partition coefficient (Wildman–Crippen LogP) is 4.30. The van der Waals surface area contributed by atoms with Crippen molar-refractivity contribution < 1.29 is 17.6 Å². The SMILES string of the molecule is Cc1ccc(S(=O)(=O)N(CC(=O)NCc2ccc(Cl)cc2)c2ccc(F)cc2)cc1. The summed E-state index contributed by atoms with van der Waals surface area (Å²) in [6, 6.07) is 18.2. The minimum absolute atomic E-state index is 0.0444. The topological polar surface area (TPSA) is 66.5 Å². The third-order valence-electron chi connectivity index (χ3n) is 4.41. The van der Waals surface area contributed by atoms with Gasteiger partial charge in [0.1, 0.15) is 12.4 Å². The summed E-state index contributed by atoms with van der Waals surface area (Å²) in [6.45, 7) is 1.62. The third kappa shape index (κ3) is 5.37. The number of carbonyl (C=O) groups excluding carboxylic acids is 1. The van der Waals surface area contributed by atoms with E-state index in [1.54, 1.807) is 36.4 Å². The van der Waals surface area contributed by atoms with Crippen LogP contribution in [0.15, 0.2) is 77.7 Å². The number of sulfonamides is 1. The molecule has 0 saturated heterocycles. The van der Waals surface area contributed by atoms with E-state index in [0.29, 0.717) is 5.02 Å². The highest BCUT2D eigenvalue weighted by molar-refractivity contribution is 7.92. The normalized spacial score (nSPS) is 11.2.